The van der Waals surface area contributed by atoms with Crippen LogP contribution in [0.15, 0.2) is 0 Å². The molecule has 12 heavy (non-hydrogen) atoms. The third-order valence-electron chi connectivity index (χ3n) is 2.37. The largest absolute Gasteiger partial charge is 0.330 e. The van der Waals surface area contributed by atoms with Gasteiger partial charge in [0, 0.05) is 11.8 Å². The molecule has 1 aliphatic carbocycles. The van der Waals surface area contributed by atoms with Gasteiger partial charge in [-0.15, -0.1) is 0 Å². The van der Waals surface area contributed by atoms with Crippen molar-refractivity contribution in [3.63, 3.8) is 0 Å². The molecule has 2 unspecified atom stereocenters. The van der Waals surface area contributed by atoms with E-state index < -0.39 is 8.67 Å². The van der Waals surface area contributed by atoms with E-state index in [9.17, 15) is 0 Å². The van der Waals surface area contributed by atoms with Crippen LogP contribution in [0.1, 0.15) is 0 Å². The Morgan fingerprint density at radius 1 is 0.833 bits per heavy atom. The summed E-state index contributed by atoms with van der Waals surface area (Å²) in [6, 6.07) is 0. The molecule has 0 spiro atoms. The first-order valence-corrected chi connectivity index (χ1v) is 5.06. The zero-order valence-corrected chi connectivity index (χ0v) is 9.26. The predicted molar refractivity (Wildman–Crippen MR) is 54.0 cm³/mol. The van der Waals surface area contributed by atoms with Crippen LogP contribution < -0.4 is 11.5 Å². The predicted octanol–water partition coefficient (Wildman–Crippen LogP) is 1.50. The maximum Gasteiger partial charge on any atom is 0.155 e. The Labute approximate surface area is 91.5 Å². The molecular formula is C6H10Cl4N2. The number of hydrogen-bond donors (Lipinski definition) is 2. The van der Waals surface area contributed by atoms with Gasteiger partial charge < -0.3 is 11.5 Å². The van der Waals surface area contributed by atoms with Gasteiger partial charge in [-0.1, -0.05) is 46.4 Å². The first kappa shape index (κ1) is 11.2. The standard InChI is InChI=1S/C6H10Cl4N2/c7-5(8)3(1-11)4(2-12)6(5,9)10/h3-4H,1-2,11-12H2. The Bertz CT molecular complexity index is 162. The van der Waals surface area contributed by atoms with Gasteiger partial charge in [-0.05, 0) is 13.1 Å². The first-order valence-electron chi connectivity index (χ1n) is 3.55. The third-order valence-corrected chi connectivity index (χ3v) is 5.07. The lowest BCUT2D eigenvalue weighted by Gasteiger charge is -2.56. The van der Waals surface area contributed by atoms with Gasteiger partial charge >= 0.3 is 0 Å². The number of nitrogens with two attached hydrogens (primary N) is 2. The Morgan fingerprint density at radius 3 is 1.25 bits per heavy atom. The number of hydrogen-bond acceptors (Lipinski definition) is 2. The molecule has 0 aliphatic heterocycles. The van der Waals surface area contributed by atoms with Gasteiger partial charge in [0.25, 0.3) is 0 Å². The summed E-state index contributed by atoms with van der Waals surface area (Å²) in [5.41, 5.74) is 10.9. The molecule has 72 valence electrons. The van der Waals surface area contributed by atoms with E-state index in [0.29, 0.717) is 13.1 Å². The van der Waals surface area contributed by atoms with Gasteiger partial charge in [0.15, 0.2) is 8.67 Å². The summed E-state index contributed by atoms with van der Waals surface area (Å²) in [5, 5.41) is 0. The smallest absolute Gasteiger partial charge is 0.155 e. The summed E-state index contributed by atoms with van der Waals surface area (Å²) in [7, 11) is 0. The SMILES string of the molecule is NCC1C(CN)C(Cl)(Cl)C1(Cl)Cl. The van der Waals surface area contributed by atoms with Crippen molar-refractivity contribution in [1.29, 1.82) is 0 Å². The number of halogens is 4. The van der Waals surface area contributed by atoms with Gasteiger partial charge in [-0.25, -0.2) is 0 Å². The lowest BCUT2D eigenvalue weighted by Crippen LogP contribution is -2.67. The maximum absolute atomic E-state index is 5.90. The molecule has 1 aliphatic rings. The number of rotatable bonds is 2. The average Bonchev–Trinajstić information content (AvgIpc) is 1.98. The van der Waals surface area contributed by atoms with Crippen molar-refractivity contribution < 1.29 is 0 Å². The molecule has 0 bridgehead atoms. The summed E-state index contributed by atoms with van der Waals surface area (Å²) in [6.45, 7) is 0.687. The highest BCUT2D eigenvalue weighted by Crippen LogP contribution is 2.64. The molecule has 1 fully saturated rings. The summed E-state index contributed by atoms with van der Waals surface area (Å²) in [4.78, 5) is 0. The van der Waals surface area contributed by atoms with Crippen LogP contribution in [-0.4, -0.2) is 21.8 Å². The fraction of sp³-hybridized carbons (Fsp3) is 1.00. The highest BCUT2D eigenvalue weighted by atomic mass is 35.5. The third kappa shape index (κ3) is 1.24. The molecule has 0 aromatic carbocycles. The van der Waals surface area contributed by atoms with Crippen molar-refractivity contribution in [1.82, 2.24) is 0 Å². The van der Waals surface area contributed by atoms with Gasteiger partial charge in [0.2, 0.25) is 0 Å². The van der Waals surface area contributed by atoms with Crippen LogP contribution >= 0.6 is 46.4 Å². The van der Waals surface area contributed by atoms with E-state index in [1.807, 2.05) is 0 Å². The van der Waals surface area contributed by atoms with Crippen molar-refractivity contribution in [3.05, 3.63) is 0 Å². The first-order chi connectivity index (χ1) is 5.39. The molecule has 0 radical (unpaired) electrons. The molecule has 0 heterocycles. The van der Waals surface area contributed by atoms with E-state index in [1.54, 1.807) is 0 Å². The lowest BCUT2D eigenvalue weighted by atomic mass is 9.71. The Balaban J connectivity index is 2.81. The summed E-state index contributed by atoms with van der Waals surface area (Å²) < 4.78 is -2.34. The van der Waals surface area contributed by atoms with Crippen LogP contribution in [0.2, 0.25) is 0 Å². The summed E-state index contributed by atoms with van der Waals surface area (Å²) in [6.07, 6.45) is 0. The Kier molecular flexibility index (Phi) is 3.10. The van der Waals surface area contributed by atoms with Gasteiger partial charge in [-0.3, -0.25) is 0 Å². The lowest BCUT2D eigenvalue weighted by molar-refractivity contribution is 0.152. The van der Waals surface area contributed by atoms with Gasteiger partial charge in [0.1, 0.15) is 0 Å². The normalized spacial score (nSPS) is 37.5. The second-order valence-corrected chi connectivity index (χ2v) is 5.70. The quantitative estimate of drug-likeness (QED) is 0.731. The second kappa shape index (κ2) is 3.34. The van der Waals surface area contributed by atoms with E-state index >= 15 is 0 Å². The molecule has 0 aromatic rings. The maximum atomic E-state index is 5.90. The van der Waals surface area contributed by atoms with Crippen molar-refractivity contribution in [2.24, 2.45) is 23.3 Å². The van der Waals surface area contributed by atoms with Crippen molar-refractivity contribution >= 4 is 46.4 Å². The molecule has 6 heteroatoms. The van der Waals surface area contributed by atoms with Crippen LogP contribution in [0.3, 0.4) is 0 Å². The molecule has 1 rings (SSSR count). The van der Waals surface area contributed by atoms with Crippen molar-refractivity contribution in [3.8, 4) is 0 Å². The molecule has 0 saturated heterocycles. The van der Waals surface area contributed by atoms with Gasteiger partial charge in [-0.2, -0.15) is 0 Å². The van der Waals surface area contributed by atoms with Crippen LogP contribution in [0, 0.1) is 11.8 Å². The van der Waals surface area contributed by atoms with Crippen LogP contribution in [0.5, 0.6) is 0 Å². The highest BCUT2D eigenvalue weighted by molar-refractivity contribution is 6.64. The minimum absolute atomic E-state index is 0.124. The molecule has 0 amide bonds. The molecule has 0 aromatic heterocycles. The highest BCUT2D eigenvalue weighted by Gasteiger charge is 2.69. The fourth-order valence-electron chi connectivity index (χ4n) is 1.53. The van der Waals surface area contributed by atoms with Gasteiger partial charge in [0.05, 0.1) is 0 Å². The van der Waals surface area contributed by atoms with E-state index in [2.05, 4.69) is 0 Å². The number of alkyl halides is 4. The van der Waals surface area contributed by atoms with E-state index in [4.69, 9.17) is 57.9 Å². The minimum Gasteiger partial charge on any atom is -0.330 e. The fourth-order valence-corrected chi connectivity index (χ4v) is 3.05. The molecule has 4 N–H and O–H groups in total. The average molecular weight is 252 g/mol. The topological polar surface area (TPSA) is 52.0 Å². The van der Waals surface area contributed by atoms with Crippen LogP contribution in [0.25, 0.3) is 0 Å². The Hall–Kier alpha value is 1.08. The second-order valence-electron chi connectivity index (χ2n) is 2.93. The minimum atomic E-state index is -1.17. The van der Waals surface area contributed by atoms with E-state index in [0.717, 1.165) is 0 Å². The zero-order chi connectivity index (χ0) is 9.57. The van der Waals surface area contributed by atoms with E-state index in [-0.39, 0.29) is 11.8 Å². The molecule has 2 atom stereocenters. The van der Waals surface area contributed by atoms with Crippen LogP contribution in [0.4, 0.5) is 0 Å². The van der Waals surface area contributed by atoms with Crippen molar-refractivity contribution in [2.75, 3.05) is 13.1 Å². The van der Waals surface area contributed by atoms with Crippen molar-refractivity contribution in [2.45, 2.75) is 8.67 Å². The summed E-state index contributed by atoms with van der Waals surface area (Å²) in [5.74, 6) is -0.248. The van der Waals surface area contributed by atoms with E-state index in [1.165, 1.54) is 0 Å². The Morgan fingerprint density at radius 2 is 1.08 bits per heavy atom. The monoisotopic (exact) mass is 250 g/mol. The molecule has 2 nitrogen and oxygen atoms in total. The summed E-state index contributed by atoms with van der Waals surface area (Å²) >= 11 is 23.6. The molecular weight excluding hydrogens is 242 g/mol. The van der Waals surface area contributed by atoms with Crippen LogP contribution in [-0.2, 0) is 0 Å². The zero-order valence-electron chi connectivity index (χ0n) is 6.24. The molecule has 1 saturated carbocycles.